The van der Waals surface area contributed by atoms with Crippen LogP contribution in [0.2, 0.25) is 0 Å². The third kappa shape index (κ3) is 2.77. The molecule has 1 aliphatic heterocycles. The fourth-order valence-electron chi connectivity index (χ4n) is 1.52. The first-order valence-electron chi connectivity index (χ1n) is 4.26. The predicted octanol–water partition coefficient (Wildman–Crippen LogP) is 0.799. The minimum atomic E-state index is -0.948. The summed E-state index contributed by atoms with van der Waals surface area (Å²) in [5.41, 5.74) is 0. The molecule has 0 amide bonds. The van der Waals surface area contributed by atoms with Gasteiger partial charge < -0.3 is 10.4 Å². The Morgan fingerprint density at radius 2 is 2.17 bits per heavy atom. The van der Waals surface area contributed by atoms with Crippen molar-refractivity contribution in [2.45, 2.75) is 25.4 Å². The molecular formula is C8H14FNO2. The highest BCUT2D eigenvalue weighted by Gasteiger charge is 2.24. The normalized spacial score (nSPS) is 31.1. The topological polar surface area (TPSA) is 49.3 Å². The van der Waals surface area contributed by atoms with Gasteiger partial charge in [-0.05, 0) is 25.9 Å². The van der Waals surface area contributed by atoms with E-state index in [4.69, 9.17) is 5.11 Å². The van der Waals surface area contributed by atoms with Crippen LogP contribution in [0.1, 0.15) is 19.3 Å². The first-order valence-corrected chi connectivity index (χ1v) is 4.26. The molecule has 2 atom stereocenters. The Morgan fingerprint density at radius 1 is 1.50 bits per heavy atom. The Labute approximate surface area is 71.0 Å². The van der Waals surface area contributed by atoms with Gasteiger partial charge in [0.15, 0.2) is 0 Å². The average Bonchev–Trinajstić information content (AvgIpc) is 2.16. The van der Waals surface area contributed by atoms with Crippen LogP contribution in [0.25, 0.3) is 0 Å². The van der Waals surface area contributed by atoms with Gasteiger partial charge in [0.1, 0.15) is 6.17 Å². The summed E-state index contributed by atoms with van der Waals surface area (Å²) < 4.78 is 13.2. The van der Waals surface area contributed by atoms with E-state index in [1.807, 2.05) is 0 Å². The number of carboxylic acid groups (broad SMARTS) is 1. The number of alkyl halides is 1. The standard InChI is InChI=1S/C8H14FNO2/c9-7-2-4-10-3-1-6(7)5-8(11)12/h6-7,10H,1-5H2,(H,11,12). The largest absolute Gasteiger partial charge is 0.481 e. The summed E-state index contributed by atoms with van der Waals surface area (Å²) in [6.45, 7) is 1.40. The van der Waals surface area contributed by atoms with Crippen LogP contribution in [0.5, 0.6) is 0 Å². The number of rotatable bonds is 2. The highest BCUT2D eigenvalue weighted by molar-refractivity contribution is 5.67. The summed E-state index contributed by atoms with van der Waals surface area (Å²) >= 11 is 0. The lowest BCUT2D eigenvalue weighted by atomic mass is 9.95. The van der Waals surface area contributed by atoms with Crippen molar-refractivity contribution in [2.24, 2.45) is 5.92 Å². The highest BCUT2D eigenvalue weighted by atomic mass is 19.1. The molecule has 0 aromatic carbocycles. The van der Waals surface area contributed by atoms with Gasteiger partial charge in [0.05, 0.1) is 6.42 Å². The molecule has 1 rings (SSSR count). The monoisotopic (exact) mass is 175 g/mol. The van der Waals surface area contributed by atoms with Gasteiger partial charge in [-0.2, -0.15) is 0 Å². The molecule has 3 nitrogen and oxygen atoms in total. The van der Waals surface area contributed by atoms with Crippen molar-refractivity contribution >= 4 is 5.97 Å². The quantitative estimate of drug-likeness (QED) is 0.652. The smallest absolute Gasteiger partial charge is 0.303 e. The molecule has 70 valence electrons. The number of carbonyl (C=O) groups is 1. The van der Waals surface area contributed by atoms with E-state index in [0.717, 1.165) is 6.54 Å². The van der Waals surface area contributed by atoms with Crippen molar-refractivity contribution < 1.29 is 14.3 Å². The molecule has 2 unspecified atom stereocenters. The number of halogens is 1. The maximum Gasteiger partial charge on any atom is 0.303 e. The zero-order valence-electron chi connectivity index (χ0n) is 6.92. The Bertz CT molecular complexity index is 163. The summed E-state index contributed by atoms with van der Waals surface area (Å²) in [5.74, 6) is -1.19. The number of aliphatic carboxylic acids is 1. The van der Waals surface area contributed by atoms with Crippen molar-refractivity contribution in [3.05, 3.63) is 0 Å². The zero-order chi connectivity index (χ0) is 8.97. The van der Waals surface area contributed by atoms with E-state index in [2.05, 4.69) is 5.32 Å². The molecule has 0 bridgehead atoms. The lowest BCUT2D eigenvalue weighted by Crippen LogP contribution is -2.19. The van der Waals surface area contributed by atoms with Crippen LogP contribution in [-0.2, 0) is 4.79 Å². The van der Waals surface area contributed by atoms with E-state index in [0.29, 0.717) is 19.4 Å². The highest BCUT2D eigenvalue weighted by Crippen LogP contribution is 2.20. The van der Waals surface area contributed by atoms with Crippen LogP contribution in [0.4, 0.5) is 4.39 Å². The third-order valence-corrected chi connectivity index (χ3v) is 2.24. The molecule has 0 spiro atoms. The summed E-state index contributed by atoms with van der Waals surface area (Å²) in [6.07, 6.45) is 0.0879. The van der Waals surface area contributed by atoms with E-state index in [1.165, 1.54) is 0 Å². The third-order valence-electron chi connectivity index (χ3n) is 2.24. The molecule has 1 heterocycles. The second-order valence-electron chi connectivity index (χ2n) is 3.20. The minimum absolute atomic E-state index is 0.0388. The van der Waals surface area contributed by atoms with Crippen molar-refractivity contribution in [3.8, 4) is 0 Å². The van der Waals surface area contributed by atoms with E-state index in [1.54, 1.807) is 0 Å². The molecule has 0 aromatic heterocycles. The fraction of sp³-hybridized carbons (Fsp3) is 0.875. The van der Waals surface area contributed by atoms with Crippen LogP contribution < -0.4 is 5.32 Å². The van der Waals surface area contributed by atoms with Crippen molar-refractivity contribution in [1.82, 2.24) is 5.32 Å². The molecule has 0 aromatic rings. The van der Waals surface area contributed by atoms with E-state index >= 15 is 0 Å². The van der Waals surface area contributed by atoms with Crippen LogP contribution >= 0.6 is 0 Å². The van der Waals surface area contributed by atoms with Gasteiger partial charge in [0.25, 0.3) is 0 Å². The van der Waals surface area contributed by atoms with Gasteiger partial charge in [0.2, 0.25) is 0 Å². The first-order chi connectivity index (χ1) is 5.70. The van der Waals surface area contributed by atoms with Crippen LogP contribution in [0.15, 0.2) is 0 Å². The molecule has 1 aliphatic rings. The van der Waals surface area contributed by atoms with E-state index in [-0.39, 0.29) is 12.3 Å². The van der Waals surface area contributed by atoms with Gasteiger partial charge in [0, 0.05) is 5.92 Å². The molecule has 0 radical (unpaired) electrons. The lowest BCUT2D eigenvalue weighted by molar-refractivity contribution is -0.138. The summed E-state index contributed by atoms with van der Waals surface area (Å²) in [5, 5.41) is 11.5. The number of hydrogen-bond acceptors (Lipinski definition) is 2. The molecule has 12 heavy (non-hydrogen) atoms. The van der Waals surface area contributed by atoms with Gasteiger partial charge in [-0.1, -0.05) is 0 Å². The van der Waals surface area contributed by atoms with Gasteiger partial charge in [-0.15, -0.1) is 0 Å². The van der Waals surface area contributed by atoms with Crippen LogP contribution in [0.3, 0.4) is 0 Å². The first kappa shape index (κ1) is 9.45. The number of carboxylic acids is 1. The number of nitrogens with one attached hydrogen (secondary N) is 1. The molecule has 0 aliphatic carbocycles. The molecular weight excluding hydrogens is 161 g/mol. The molecule has 1 saturated heterocycles. The lowest BCUT2D eigenvalue weighted by Gasteiger charge is -2.14. The maximum absolute atomic E-state index is 13.2. The second kappa shape index (κ2) is 4.40. The summed E-state index contributed by atoms with van der Waals surface area (Å²) in [4.78, 5) is 10.3. The Kier molecular flexibility index (Phi) is 3.47. The average molecular weight is 175 g/mol. The molecule has 2 N–H and O–H groups in total. The SMILES string of the molecule is O=C(O)CC1CCNCCC1F. The van der Waals surface area contributed by atoms with E-state index in [9.17, 15) is 9.18 Å². The summed E-state index contributed by atoms with van der Waals surface area (Å²) in [6, 6.07) is 0. The van der Waals surface area contributed by atoms with Crippen molar-refractivity contribution in [3.63, 3.8) is 0 Å². The van der Waals surface area contributed by atoms with Crippen molar-refractivity contribution in [2.75, 3.05) is 13.1 Å². The Balaban J connectivity index is 2.41. The maximum atomic E-state index is 13.2. The van der Waals surface area contributed by atoms with E-state index < -0.39 is 12.1 Å². The fourth-order valence-corrected chi connectivity index (χ4v) is 1.52. The Morgan fingerprint density at radius 3 is 2.83 bits per heavy atom. The molecule has 4 heteroatoms. The van der Waals surface area contributed by atoms with Crippen molar-refractivity contribution in [1.29, 1.82) is 0 Å². The van der Waals surface area contributed by atoms with Gasteiger partial charge in [-0.3, -0.25) is 4.79 Å². The van der Waals surface area contributed by atoms with Gasteiger partial charge >= 0.3 is 5.97 Å². The minimum Gasteiger partial charge on any atom is -0.481 e. The van der Waals surface area contributed by atoms with Crippen LogP contribution in [0, 0.1) is 5.92 Å². The Hall–Kier alpha value is -0.640. The second-order valence-corrected chi connectivity index (χ2v) is 3.20. The summed E-state index contributed by atoms with van der Waals surface area (Å²) in [7, 11) is 0. The number of hydrogen-bond donors (Lipinski definition) is 2. The molecule has 0 saturated carbocycles. The zero-order valence-corrected chi connectivity index (χ0v) is 6.92. The predicted molar refractivity (Wildman–Crippen MR) is 42.7 cm³/mol. The van der Waals surface area contributed by atoms with Crippen LogP contribution in [-0.4, -0.2) is 30.3 Å². The van der Waals surface area contributed by atoms with Gasteiger partial charge in [-0.25, -0.2) is 4.39 Å². The molecule has 1 fully saturated rings.